The molecule has 0 aromatic carbocycles. The molecule has 0 amide bonds. The molecule has 54 valence electrons. The van der Waals surface area contributed by atoms with Crippen molar-refractivity contribution in [3.05, 3.63) is 11.6 Å². The van der Waals surface area contributed by atoms with Crippen LogP contribution in [0.1, 0.15) is 0 Å². The van der Waals surface area contributed by atoms with Crippen molar-refractivity contribution in [1.29, 1.82) is 0 Å². The molecular weight excluding hydrogens is 166 g/mol. The van der Waals surface area contributed by atoms with Crippen molar-refractivity contribution < 1.29 is 0 Å². The average Bonchev–Trinajstić information content (AvgIpc) is 2.67. The second-order valence-electron chi connectivity index (χ2n) is 1.47. The summed E-state index contributed by atoms with van der Waals surface area (Å²) < 4.78 is 3.51. The number of aliphatic imine (C=N–C) groups is 1. The minimum Gasteiger partial charge on any atom is -0.285 e. The number of nitrogens with zero attached hydrogens (tertiary/aromatic N) is 3. The molecule has 2 rings (SSSR count). The first-order chi connectivity index (χ1) is 5.00. The molecule has 0 radical (unpaired) electrons. The molecule has 0 saturated heterocycles. The van der Waals surface area contributed by atoms with Crippen LogP contribution >= 0.6 is 23.3 Å². The molecule has 0 aliphatic carbocycles. The molecular formula is C5H7N3S2. The summed E-state index contributed by atoms with van der Waals surface area (Å²) in [5.74, 6) is 1.19. The van der Waals surface area contributed by atoms with E-state index in [-0.39, 0.29) is 0 Å². The first kappa shape index (κ1) is 7.68. The number of aromatic nitrogens is 2. The topological polar surface area (TPSA) is 38.1 Å². The second kappa shape index (κ2) is 5.37. The molecule has 0 spiro atoms. The van der Waals surface area contributed by atoms with Crippen LogP contribution in [0.2, 0.25) is 0 Å². The van der Waals surface area contributed by atoms with Crippen molar-refractivity contribution >= 4 is 28.8 Å². The number of rotatable bonds is 0. The average molecular weight is 173 g/mol. The van der Waals surface area contributed by atoms with Gasteiger partial charge in [-0.2, -0.15) is 0 Å². The largest absolute Gasteiger partial charge is 0.285 e. The van der Waals surface area contributed by atoms with Crippen LogP contribution in [0.25, 0.3) is 0 Å². The fourth-order valence-corrected chi connectivity index (χ4v) is 1.20. The van der Waals surface area contributed by atoms with Gasteiger partial charge in [-0.05, 0) is 11.5 Å². The fraction of sp³-hybridized carbons (Fsp3) is 0.400. The Kier molecular flexibility index (Phi) is 4.13. The van der Waals surface area contributed by atoms with E-state index in [1.54, 1.807) is 18.0 Å². The van der Waals surface area contributed by atoms with Crippen LogP contribution in [-0.4, -0.2) is 27.4 Å². The van der Waals surface area contributed by atoms with Crippen molar-refractivity contribution in [3.63, 3.8) is 0 Å². The van der Waals surface area contributed by atoms with Gasteiger partial charge in [0.1, 0.15) is 0 Å². The van der Waals surface area contributed by atoms with Crippen molar-refractivity contribution in [2.75, 3.05) is 12.3 Å². The highest BCUT2D eigenvalue weighted by molar-refractivity contribution is 8.12. The van der Waals surface area contributed by atoms with Crippen molar-refractivity contribution in [2.24, 2.45) is 4.99 Å². The smallest absolute Gasteiger partial charge is 0.0620 e. The van der Waals surface area contributed by atoms with E-state index in [0.717, 1.165) is 6.54 Å². The van der Waals surface area contributed by atoms with E-state index in [2.05, 4.69) is 14.6 Å². The predicted molar refractivity (Wildman–Crippen MR) is 45.7 cm³/mol. The zero-order valence-electron chi connectivity index (χ0n) is 5.30. The monoisotopic (exact) mass is 173 g/mol. The van der Waals surface area contributed by atoms with E-state index >= 15 is 0 Å². The van der Waals surface area contributed by atoms with E-state index in [9.17, 15) is 0 Å². The van der Waals surface area contributed by atoms with E-state index in [1.165, 1.54) is 17.3 Å². The third-order valence-corrected chi connectivity index (χ3v) is 1.92. The van der Waals surface area contributed by atoms with Gasteiger partial charge in [0.2, 0.25) is 0 Å². The lowest BCUT2D eigenvalue weighted by molar-refractivity contribution is 1.16. The zero-order valence-corrected chi connectivity index (χ0v) is 6.94. The summed E-state index contributed by atoms with van der Waals surface area (Å²) in [6.07, 6.45) is 1.66. The Morgan fingerprint density at radius 3 is 2.60 bits per heavy atom. The van der Waals surface area contributed by atoms with Gasteiger partial charge >= 0.3 is 0 Å². The molecule has 0 fully saturated rings. The Morgan fingerprint density at radius 1 is 1.40 bits per heavy atom. The quantitative estimate of drug-likeness (QED) is 0.593. The van der Waals surface area contributed by atoms with Crippen molar-refractivity contribution in [2.45, 2.75) is 0 Å². The van der Waals surface area contributed by atoms with Crippen LogP contribution in [0.3, 0.4) is 0 Å². The Bertz CT molecular complexity index is 150. The van der Waals surface area contributed by atoms with E-state index in [0.29, 0.717) is 0 Å². The third-order valence-electron chi connectivity index (χ3n) is 0.770. The summed E-state index contributed by atoms with van der Waals surface area (Å²) >= 11 is 3.13. The molecule has 0 unspecified atom stereocenters. The maximum atomic E-state index is 3.92. The molecule has 1 aromatic rings. The van der Waals surface area contributed by atoms with Crippen molar-refractivity contribution in [1.82, 2.24) is 9.59 Å². The number of hydrogen-bond acceptors (Lipinski definition) is 5. The van der Waals surface area contributed by atoms with Gasteiger partial charge in [-0.3, -0.25) is 4.99 Å². The fourth-order valence-electron chi connectivity index (χ4n) is 0.400. The molecule has 1 aromatic heterocycles. The summed E-state index contributed by atoms with van der Waals surface area (Å²) in [5.41, 5.74) is 1.90. The van der Waals surface area contributed by atoms with Crippen molar-refractivity contribution in [3.8, 4) is 0 Å². The van der Waals surface area contributed by atoms with E-state index in [1.807, 2.05) is 10.9 Å². The maximum absolute atomic E-state index is 3.92. The summed E-state index contributed by atoms with van der Waals surface area (Å²) in [5, 5.41) is 5.31. The lowest BCUT2D eigenvalue weighted by atomic mass is 10.8. The van der Waals surface area contributed by atoms with Gasteiger partial charge in [0.05, 0.1) is 11.7 Å². The van der Waals surface area contributed by atoms with Gasteiger partial charge < -0.3 is 0 Å². The summed E-state index contributed by atoms with van der Waals surface area (Å²) in [7, 11) is 0. The minimum absolute atomic E-state index is 1.03. The van der Waals surface area contributed by atoms with Gasteiger partial charge in [-0.1, -0.05) is 4.49 Å². The molecule has 0 atom stereocenters. The van der Waals surface area contributed by atoms with Gasteiger partial charge in [0.15, 0.2) is 0 Å². The highest BCUT2D eigenvalue weighted by Crippen LogP contribution is 1.99. The molecule has 0 bridgehead atoms. The molecule has 2 heterocycles. The van der Waals surface area contributed by atoms with Crippen LogP contribution in [0.15, 0.2) is 16.6 Å². The van der Waals surface area contributed by atoms with Crippen LogP contribution in [0, 0.1) is 0 Å². The van der Waals surface area contributed by atoms with Gasteiger partial charge in [0.25, 0.3) is 0 Å². The number of hydrogen-bond donors (Lipinski definition) is 0. The minimum atomic E-state index is 1.03. The van der Waals surface area contributed by atoms with Crippen LogP contribution in [-0.2, 0) is 0 Å². The zero-order chi connectivity index (χ0) is 7.07. The molecule has 1 aliphatic rings. The molecule has 10 heavy (non-hydrogen) atoms. The number of thioether (sulfide) groups is 1. The first-order valence-corrected chi connectivity index (χ1v) is 4.69. The van der Waals surface area contributed by atoms with E-state index < -0.39 is 0 Å². The van der Waals surface area contributed by atoms with Gasteiger partial charge in [-0.25, -0.2) is 0 Å². The van der Waals surface area contributed by atoms with Gasteiger partial charge in [-0.15, -0.1) is 16.9 Å². The summed E-state index contributed by atoms with van der Waals surface area (Å²) in [4.78, 5) is 3.92. The van der Waals surface area contributed by atoms with Crippen LogP contribution in [0.5, 0.6) is 0 Å². The molecule has 1 aliphatic heterocycles. The standard InChI is InChI=1S/C3H5NS.C2H2N2S/c1-2-5-3-4-1;1-2-5-4-3-1/h3H,1-2H2;1-2H. The normalized spacial score (nSPS) is 14.4. The third kappa shape index (κ3) is 3.58. The molecule has 0 saturated carbocycles. The molecule has 5 heteroatoms. The SMILES string of the molecule is C1=NCCS1.c1csnn1. The van der Waals surface area contributed by atoms with E-state index in [4.69, 9.17) is 0 Å². The second-order valence-corrected chi connectivity index (χ2v) is 3.07. The Hall–Kier alpha value is -0.420. The Balaban J connectivity index is 0.0000001000. The maximum Gasteiger partial charge on any atom is 0.0620 e. The highest BCUT2D eigenvalue weighted by atomic mass is 32.2. The molecule has 0 N–H and O–H groups in total. The Labute approximate surface area is 67.7 Å². The molecule has 3 nitrogen and oxygen atoms in total. The van der Waals surface area contributed by atoms with Gasteiger partial charge in [0, 0.05) is 17.7 Å². The Morgan fingerprint density at radius 2 is 2.40 bits per heavy atom. The first-order valence-electron chi connectivity index (χ1n) is 2.81. The summed E-state index contributed by atoms with van der Waals surface area (Å²) in [6.45, 7) is 1.03. The highest BCUT2D eigenvalue weighted by Gasteiger charge is 1.86. The summed E-state index contributed by atoms with van der Waals surface area (Å²) in [6, 6.07) is 0. The lowest BCUT2D eigenvalue weighted by Gasteiger charge is -1.67. The predicted octanol–water partition coefficient (Wildman–Crippen LogP) is 1.30. The van der Waals surface area contributed by atoms with Crippen LogP contribution < -0.4 is 0 Å². The van der Waals surface area contributed by atoms with Crippen LogP contribution in [0.4, 0.5) is 0 Å². The lowest BCUT2D eigenvalue weighted by Crippen LogP contribution is -1.69.